The summed E-state index contributed by atoms with van der Waals surface area (Å²) in [5, 5.41) is 17.7. The van der Waals surface area contributed by atoms with Crippen molar-refractivity contribution >= 4 is 75.4 Å². The van der Waals surface area contributed by atoms with E-state index in [0.29, 0.717) is 59.6 Å². The first-order valence-corrected chi connectivity index (χ1v) is 24.6. The monoisotopic (exact) mass is 1070 g/mol. The van der Waals surface area contributed by atoms with Crippen LogP contribution in [0, 0.1) is 23.5 Å². The van der Waals surface area contributed by atoms with Crippen molar-refractivity contribution in [2.24, 2.45) is 33.3 Å². The number of ether oxygens (including phenoxy) is 4. The summed E-state index contributed by atoms with van der Waals surface area (Å²) in [7, 11) is 1.63. The number of benzene rings is 4. The number of guanidine groups is 2. The molecule has 2 amide bonds. The van der Waals surface area contributed by atoms with E-state index >= 15 is 0 Å². The van der Waals surface area contributed by atoms with Crippen molar-refractivity contribution in [3.63, 3.8) is 0 Å². The molecule has 6 aliphatic heterocycles. The molecule has 0 bridgehead atoms. The van der Waals surface area contributed by atoms with Crippen LogP contribution in [-0.2, 0) is 30.1 Å². The van der Waals surface area contributed by atoms with Gasteiger partial charge in [-0.2, -0.15) is 0 Å². The van der Waals surface area contributed by atoms with Gasteiger partial charge in [-0.1, -0.05) is 45.2 Å². The van der Waals surface area contributed by atoms with Gasteiger partial charge in [0.25, 0.3) is 11.8 Å². The van der Waals surface area contributed by atoms with E-state index in [1.54, 1.807) is 20.2 Å². The van der Waals surface area contributed by atoms with Gasteiger partial charge in [0.15, 0.2) is 23.0 Å². The van der Waals surface area contributed by atoms with Gasteiger partial charge in [0.2, 0.25) is 0 Å². The highest BCUT2D eigenvalue weighted by molar-refractivity contribution is 9.10. The average molecular weight is 1070 g/mol. The third-order valence-electron chi connectivity index (χ3n) is 13.9. The molecule has 2 saturated heterocycles. The van der Waals surface area contributed by atoms with Gasteiger partial charge >= 0.3 is 7.12 Å². The summed E-state index contributed by atoms with van der Waals surface area (Å²) >= 11 is 15.0. The molecule has 2 fully saturated rings. The molecule has 10 rings (SSSR count). The number of aliphatic imine (C=N–C) groups is 2. The maximum absolute atomic E-state index is 14.0. The third kappa shape index (κ3) is 10.4. The molecule has 6 aliphatic rings. The number of nitrogens with zero attached hydrogens (tertiary/aromatic N) is 4. The largest absolute Gasteiger partial charge is 0.490 e. The molecule has 2 spiro atoms. The smallest absolute Gasteiger partial charge is 0.488 e. The van der Waals surface area contributed by atoms with Crippen LogP contribution < -0.4 is 26.4 Å². The molecule has 6 N–H and O–H groups in total. The van der Waals surface area contributed by atoms with Crippen LogP contribution in [0.1, 0.15) is 77.3 Å². The van der Waals surface area contributed by atoms with Crippen molar-refractivity contribution in [1.29, 1.82) is 0 Å². The quantitative estimate of drug-likeness (QED) is 0.149. The molecule has 4 aromatic rings. The Balaban J connectivity index is 0.000000158. The van der Waals surface area contributed by atoms with Gasteiger partial charge < -0.3 is 40.5 Å². The molecule has 6 atom stereocenters. The molecular formula is C50H56BBrCl2F2N6O8. The maximum atomic E-state index is 14.0. The number of amides is 2. The van der Waals surface area contributed by atoms with E-state index in [-0.39, 0.29) is 63.5 Å². The molecule has 6 unspecified atom stereocenters. The zero-order valence-corrected chi connectivity index (χ0v) is 42.7. The van der Waals surface area contributed by atoms with Gasteiger partial charge in [-0.25, -0.2) is 18.8 Å². The van der Waals surface area contributed by atoms with Crippen LogP contribution in [-0.4, -0.2) is 101 Å². The second-order valence-electron chi connectivity index (χ2n) is 19.9. The Hall–Kier alpha value is -4.82. The topological polar surface area (TPSA) is 195 Å². The van der Waals surface area contributed by atoms with E-state index in [1.807, 2.05) is 36.4 Å². The zero-order valence-electron chi connectivity index (χ0n) is 39.6. The van der Waals surface area contributed by atoms with Gasteiger partial charge in [0.1, 0.15) is 35.3 Å². The molecule has 14 nitrogen and oxygen atoms in total. The Morgan fingerprint density at radius 1 is 0.671 bits per heavy atom. The average Bonchev–Trinajstić information content (AvgIpc) is 3.63. The zero-order chi connectivity index (χ0) is 50.7. The van der Waals surface area contributed by atoms with Crippen LogP contribution in [0.3, 0.4) is 0 Å². The Labute approximate surface area is 424 Å². The second kappa shape index (κ2) is 19.7. The number of rotatable bonds is 4. The highest BCUT2D eigenvalue weighted by Crippen LogP contribution is 2.51. The molecule has 372 valence electrons. The van der Waals surface area contributed by atoms with Crippen LogP contribution in [0.15, 0.2) is 87.3 Å². The summed E-state index contributed by atoms with van der Waals surface area (Å²) in [6.07, 6.45) is 4.07. The molecule has 0 aliphatic carbocycles. The minimum atomic E-state index is -1.68. The van der Waals surface area contributed by atoms with Crippen LogP contribution in [0.5, 0.6) is 11.5 Å². The normalized spacial score (nSPS) is 27.2. The lowest BCUT2D eigenvalue weighted by atomic mass is 9.74. The lowest BCUT2D eigenvalue weighted by molar-refractivity contribution is -0.135. The lowest BCUT2D eigenvalue weighted by Gasteiger charge is -2.44. The first-order valence-electron chi connectivity index (χ1n) is 23.0. The molecule has 4 aromatic carbocycles. The first kappa shape index (κ1) is 51.5. The number of carbonyl (C=O) groups excluding carboxylic acids is 2. The fraction of sp³-hybridized carbons (Fsp3) is 0.440. The van der Waals surface area contributed by atoms with E-state index in [9.17, 15) is 18.4 Å². The van der Waals surface area contributed by atoms with Gasteiger partial charge in [-0.15, -0.1) is 0 Å². The molecule has 6 heterocycles. The minimum Gasteiger partial charge on any atom is -0.490 e. The van der Waals surface area contributed by atoms with Crippen molar-refractivity contribution in [1.82, 2.24) is 9.80 Å². The Morgan fingerprint density at radius 2 is 1.14 bits per heavy atom. The van der Waals surface area contributed by atoms with Gasteiger partial charge in [-0.05, 0) is 137 Å². The number of fused-ring (bicyclic) bond motifs is 4. The predicted molar refractivity (Wildman–Crippen MR) is 268 cm³/mol. The Kier molecular flexibility index (Phi) is 14.5. The Bertz CT molecular complexity index is 2730. The number of hydrogen-bond donors (Lipinski definition) is 4. The molecule has 20 heteroatoms. The second-order valence-corrected chi connectivity index (χ2v) is 21.7. The van der Waals surface area contributed by atoms with Crippen molar-refractivity contribution in [3.05, 3.63) is 110 Å². The number of halogens is 5. The van der Waals surface area contributed by atoms with Gasteiger partial charge in [-0.3, -0.25) is 19.4 Å². The summed E-state index contributed by atoms with van der Waals surface area (Å²) in [6, 6.07) is 19.0. The van der Waals surface area contributed by atoms with E-state index in [1.165, 1.54) is 28.0 Å². The lowest BCUT2D eigenvalue weighted by Crippen LogP contribution is -2.49. The maximum Gasteiger partial charge on any atom is 0.488 e. The first-order chi connectivity index (χ1) is 32.9. The van der Waals surface area contributed by atoms with Crippen molar-refractivity contribution in [2.45, 2.75) is 101 Å². The minimum absolute atomic E-state index is 0.0509. The summed E-state index contributed by atoms with van der Waals surface area (Å²) in [5.74, 6) is 0.994. The fourth-order valence-corrected chi connectivity index (χ4v) is 11.3. The van der Waals surface area contributed by atoms with E-state index in [2.05, 4.69) is 48.6 Å². The SMILES string of the molecule is CN1C(=O)C2(CC(C3CCOC(C)(C)C3)Oc3ccc(-c4cc(F)cc(Cl)c4)cc32)N=C1N.CN1C(=O)C2(CC(C3CCOC(C)(C)C3)Oc3ccc(Br)cc32)N=C1N.OB(O)c1cc(F)cc(Cl)c1. The molecule has 70 heavy (non-hydrogen) atoms. The van der Waals surface area contributed by atoms with Gasteiger partial charge in [0, 0.05) is 77.6 Å². The predicted octanol–water partition coefficient (Wildman–Crippen LogP) is 7.43. The number of carbonyl (C=O) groups is 2. The molecule has 0 saturated carbocycles. The molecule has 0 aromatic heterocycles. The highest BCUT2D eigenvalue weighted by atomic mass is 79.9. The van der Waals surface area contributed by atoms with Crippen LogP contribution in [0.25, 0.3) is 11.1 Å². The van der Waals surface area contributed by atoms with Crippen molar-refractivity contribution in [2.75, 3.05) is 27.3 Å². The molecule has 0 radical (unpaired) electrons. The summed E-state index contributed by atoms with van der Waals surface area (Å²) < 4.78 is 52.0. The molecular weight excluding hydrogens is 1010 g/mol. The number of hydrogen-bond acceptors (Lipinski definition) is 12. The number of nitrogens with two attached hydrogens (primary N) is 2. The van der Waals surface area contributed by atoms with E-state index in [0.717, 1.165) is 53.4 Å². The van der Waals surface area contributed by atoms with Crippen LogP contribution >= 0.6 is 39.1 Å². The highest BCUT2D eigenvalue weighted by Gasteiger charge is 2.57. The fourth-order valence-electron chi connectivity index (χ4n) is 10.5. The third-order valence-corrected chi connectivity index (χ3v) is 14.8. The van der Waals surface area contributed by atoms with Crippen LogP contribution in [0.2, 0.25) is 10.0 Å². The van der Waals surface area contributed by atoms with Crippen molar-refractivity contribution < 1.29 is 47.4 Å². The summed E-state index contributed by atoms with van der Waals surface area (Å²) in [4.78, 5) is 38.9. The standard InChI is InChI=1S/C25H27ClFN3O3.C19H24BrN3O3.C6H5BClFO2/c1-24(2)12-15(6-7-32-24)21-13-25(22(31)30(3)23(28)29-25)19-10-14(4-5-20(19)33-21)16-8-17(26)11-18(27)9-16;1-18(2)9-11(6-7-25-18)15-10-19(16(24)23(3)17(21)22-19)13-8-12(20)4-5-14(13)26-15;8-5-1-4(7(10)11)2-6(9)3-5/h4-5,8-11,15,21H,6-7,12-13H2,1-3H3,(H2,28,29);4-5,8,11,15H,6-7,9-10H2,1-3H3,(H2,21,22);1-3,10-11H. The summed E-state index contributed by atoms with van der Waals surface area (Å²) in [5.41, 5.74) is 12.3. The number of likely N-dealkylation sites (N-methyl/N-ethyl adjacent to an activating group) is 2. The van der Waals surface area contributed by atoms with E-state index < -0.39 is 29.8 Å². The van der Waals surface area contributed by atoms with Crippen molar-refractivity contribution in [3.8, 4) is 22.6 Å². The van der Waals surface area contributed by atoms with Gasteiger partial charge in [0.05, 0.1) is 11.2 Å². The Morgan fingerprint density at radius 3 is 1.59 bits per heavy atom. The summed E-state index contributed by atoms with van der Waals surface area (Å²) in [6.45, 7) is 9.72. The van der Waals surface area contributed by atoms with Crippen LogP contribution in [0.4, 0.5) is 8.78 Å². The van der Waals surface area contributed by atoms with E-state index in [4.69, 9.17) is 68.7 Å².